The summed E-state index contributed by atoms with van der Waals surface area (Å²) in [6, 6.07) is 0. The van der Waals surface area contributed by atoms with E-state index in [-0.39, 0.29) is 6.10 Å². The van der Waals surface area contributed by atoms with Gasteiger partial charge < -0.3 is 14.7 Å². The predicted octanol–water partition coefficient (Wildman–Crippen LogP) is 2.57. The number of hydrogen-bond donors (Lipinski definition) is 1. The maximum absolute atomic E-state index is 10.1. The van der Waals surface area contributed by atoms with Crippen LogP contribution in [0.5, 0.6) is 11.5 Å². The molecule has 0 saturated heterocycles. The first-order valence-corrected chi connectivity index (χ1v) is 6.54. The highest BCUT2D eigenvalue weighted by molar-refractivity contribution is 5.59. The molecule has 1 aromatic carbocycles. The molecule has 0 saturated carbocycles. The van der Waals surface area contributed by atoms with Gasteiger partial charge in [-0.05, 0) is 58.0 Å². The Morgan fingerprint density at radius 3 is 2.44 bits per heavy atom. The van der Waals surface area contributed by atoms with E-state index in [1.54, 1.807) is 0 Å². The molecule has 0 aromatic heterocycles. The summed E-state index contributed by atoms with van der Waals surface area (Å²) >= 11 is 0. The Morgan fingerprint density at radius 2 is 1.83 bits per heavy atom. The van der Waals surface area contributed by atoms with Crippen molar-refractivity contribution in [3.05, 3.63) is 22.3 Å². The van der Waals surface area contributed by atoms with Crippen molar-refractivity contribution in [3.8, 4) is 11.5 Å². The topological polar surface area (TPSA) is 32.7 Å². The summed E-state index contributed by atoms with van der Waals surface area (Å²) in [4.78, 5) is 2.18. The van der Waals surface area contributed by atoms with Crippen LogP contribution in [0.15, 0.2) is 0 Å². The van der Waals surface area contributed by atoms with Crippen LogP contribution in [0.2, 0.25) is 0 Å². The standard InChI is InChI=1S/C15H23NO2/c1-9-10(2)15-13(11(3)14(9)17)8-12(18-15)6-7-16(4)5/h12,17H,6-8H2,1-5H3. The van der Waals surface area contributed by atoms with Gasteiger partial charge in [-0.1, -0.05) is 0 Å². The molecule has 3 nitrogen and oxygen atoms in total. The number of phenolic OH excluding ortho intramolecular Hbond substituents is 1. The fourth-order valence-electron chi connectivity index (χ4n) is 2.57. The van der Waals surface area contributed by atoms with Gasteiger partial charge >= 0.3 is 0 Å². The zero-order valence-corrected chi connectivity index (χ0v) is 12.0. The van der Waals surface area contributed by atoms with Gasteiger partial charge in [-0.3, -0.25) is 0 Å². The van der Waals surface area contributed by atoms with E-state index < -0.39 is 0 Å². The number of rotatable bonds is 3. The zero-order valence-electron chi connectivity index (χ0n) is 12.0. The van der Waals surface area contributed by atoms with Gasteiger partial charge in [-0.2, -0.15) is 0 Å². The highest BCUT2D eigenvalue weighted by atomic mass is 16.5. The molecule has 3 heteroatoms. The first-order chi connectivity index (χ1) is 8.41. The monoisotopic (exact) mass is 249 g/mol. The molecule has 0 amide bonds. The molecule has 1 heterocycles. The minimum Gasteiger partial charge on any atom is -0.507 e. The molecule has 0 fully saturated rings. The van der Waals surface area contributed by atoms with Gasteiger partial charge in [0.25, 0.3) is 0 Å². The smallest absolute Gasteiger partial charge is 0.126 e. The van der Waals surface area contributed by atoms with Crippen molar-refractivity contribution in [2.75, 3.05) is 20.6 Å². The van der Waals surface area contributed by atoms with Crippen molar-refractivity contribution in [1.29, 1.82) is 0 Å². The van der Waals surface area contributed by atoms with E-state index >= 15 is 0 Å². The van der Waals surface area contributed by atoms with Crippen LogP contribution in [0, 0.1) is 20.8 Å². The van der Waals surface area contributed by atoms with E-state index in [2.05, 4.69) is 19.0 Å². The Hall–Kier alpha value is -1.22. The van der Waals surface area contributed by atoms with Gasteiger partial charge in [0.15, 0.2) is 0 Å². The molecule has 1 unspecified atom stereocenters. The molecule has 1 aliphatic heterocycles. The van der Waals surface area contributed by atoms with Gasteiger partial charge in [0.1, 0.15) is 17.6 Å². The summed E-state index contributed by atoms with van der Waals surface area (Å²) in [6.45, 7) is 7.00. The predicted molar refractivity (Wildman–Crippen MR) is 73.6 cm³/mol. The van der Waals surface area contributed by atoms with Crippen molar-refractivity contribution >= 4 is 0 Å². The summed E-state index contributed by atoms with van der Waals surface area (Å²) in [5, 5.41) is 10.1. The van der Waals surface area contributed by atoms with Crippen LogP contribution in [0.25, 0.3) is 0 Å². The average Bonchev–Trinajstić information content (AvgIpc) is 2.75. The third-order valence-electron chi connectivity index (χ3n) is 3.95. The molecule has 0 spiro atoms. The lowest BCUT2D eigenvalue weighted by Crippen LogP contribution is -2.22. The van der Waals surface area contributed by atoms with Crippen LogP contribution < -0.4 is 4.74 Å². The molecular weight excluding hydrogens is 226 g/mol. The Balaban J connectivity index is 2.24. The van der Waals surface area contributed by atoms with E-state index in [9.17, 15) is 5.11 Å². The van der Waals surface area contributed by atoms with E-state index in [1.807, 2.05) is 20.8 Å². The normalized spacial score (nSPS) is 18.0. The second-order valence-electron chi connectivity index (χ2n) is 5.57. The number of nitrogens with zero attached hydrogens (tertiary/aromatic N) is 1. The maximum atomic E-state index is 10.1. The van der Waals surface area contributed by atoms with Crippen LogP contribution >= 0.6 is 0 Å². The SMILES string of the molecule is Cc1c(C)c2c(c(C)c1O)CC(CCN(C)C)O2. The molecule has 0 bridgehead atoms. The first-order valence-electron chi connectivity index (χ1n) is 6.54. The van der Waals surface area contributed by atoms with Crippen LogP contribution in [0.1, 0.15) is 28.7 Å². The number of aromatic hydroxyl groups is 1. The zero-order chi connectivity index (χ0) is 13.4. The lowest BCUT2D eigenvalue weighted by atomic mass is 9.96. The molecule has 1 N–H and O–H groups in total. The lowest BCUT2D eigenvalue weighted by molar-refractivity contribution is 0.202. The molecule has 1 aromatic rings. The van der Waals surface area contributed by atoms with E-state index in [0.717, 1.165) is 41.8 Å². The summed E-state index contributed by atoms with van der Waals surface area (Å²) < 4.78 is 6.07. The second-order valence-corrected chi connectivity index (χ2v) is 5.57. The number of phenols is 1. The Labute approximate surface area is 109 Å². The van der Waals surface area contributed by atoms with Gasteiger partial charge in [-0.15, -0.1) is 0 Å². The highest BCUT2D eigenvalue weighted by Gasteiger charge is 2.28. The third kappa shape index (κ3) is 2.19. The Morgan fingerprint density at radius 1 is 1.17 bits per heavy atom. The Kier molecular flexibility index (Phi) is 3.53. The second kappa shape index (κ2) is 4.81. The van der Waals surface area contributed by atoms with Gasteiger partial charge in [0.2, 0.25) is 0 Å². The molecule has 0 radical (unpaired) electrons. The number of fused-ring (bicyclic) bond motifs is 1. The largest absolute Gasteiger partial charge is 0.507 e. The van der Waals surface area contributed by atoms with Crippen molar-refractivity contribution in [2.45, 2.75) is 39.7 Å². The lowest BCUT2D eigenvalue weighted by Gasteiger charge is -2.15. The fraction of sp³-hybridized carbons (Fsp3) is 0.600. The average molecular weight is 249 g/mol. The quantitative estimate of drug-likeness (QED) is 0.893. The Bertz CT molecular complexity index is 429. The number of benzene rings is 1. The van der Waals surface area contributed by atoms with Crippen molar-refractivity contribution in [2.24, 2.45) is 0 Å². The van der Waals surface area contributed by atoms with Gasteiger partial charge in [-0.25, -0.2) is 0 Å². The molecular formula is C15H23NO2. The van der Waals surface area contributed by atoms with Crippen molar-refractivity contribution in [3.63, 3.8) is 0 Å². The van der Waals surface area contributed by atoms with Crippen LogP contribution in [0.3, 0.4) is 0 Å². The number of hydrogen-bond acceptors (Lipinski definition) is 3. The van der Waals surface area contributed by atoms with E-state index in [4.69, 9.17) is 4.74 Å². The van der Waals surface area contributed by atoms with Crippen LogP contribution in [0.4, 0.5) is 0 Å². The first kappa shape index (κ1) is 13.2. The minimum atomic E-state index is 0.251. The minimum absolute atomic E-state index is 0.251. The van der Waals surface area contributed by atoms with Crippen LogP contribution in [-0.2, 0) is 6.42 Å². The highest BCUT2D eigenvalue weighted by Crippen LogP contribution is 2.42. The van der Waals surface area contributed by atoms with Gasteiger partial charge in [0, 0.05) is 18.5 Å². The van der Waals surface area contributed by atoms with Crippen molar-refractivity contribution < 1.29 is 9.84 Å². The van der Waals surface area contributed by atoms with Crippen LogP contribution in [-0.4, -0.2) is 36.8 Å². The fourth-order valence-corrected chi connectivity index (χ4v) is 2.57. The maximum Gasteiger partial charge on any atom is 0.126 e. The molecule has 1 atom stereocenters. The molecule has 2 rings (SSSR count). The molecule has 0 aliphatic carbocycles. The van der Waals surface area contributed by atoms with Gasteiger partial charge in [0.05, 0.1) is 0 Å². The van der Waals surface area contributed by atoms with E-state index in [1.165, 1.54) is 5.56 Å². The summed E-state index contributed by atoms with van der Waals surface area (Å²) in [5.41, 5.74) is 4.21. The number of ether oxygens (including phenoxy) is 1. The molecule has 100 valence electrons. The third-order valence-corrected chi connectivity index (χ3v) is 3.95. The summed E-state index contributed by atoms with van der Waals surface area (Å²) in [5.74, 6) is 1.44. The van der Waals surface area contributed by atoms with E-state index in [0.29, 0.717) is 5.75 Å². The molecule has 1 aliphatic rings. The summed E-state index contributed by atoms with van der Waals surface area (Å²) in [7, 11) is 4.16. The van der Waals surface area contributed by atoms with Crippen molar-refractivity contribution in [1.82, 2.24) is 4.90 Å². The summed E-state index contributed by atoms with van der Waals surface area (Å²) in [6.07, 6.45) is 2.20. The molecule has 18 heavy (non-hydrogen) atoms.